The summed E-state index contributed by atoms with van der Waals surface area (Å²) in [5.41, 5.74) is -0.986. The second-order valence-electron chi connectivity index (χ2n) is 7.05. The fraction of sp³-hybridized carbons (Fsp3) is 0.389. The van der Waals surface area contributed by atoms with Crippen molar-refractivity contribution in [3.63, 3.8) is 0 Å². The van der Waals surface area contributed by atoms with Gasteiger partial charge in [0.1, 0.15) is 5.76 Å². The molecule has 8 heteroatoms. The number of aliphatic hydroxyl groups is 1. The molecule has 26 heavy (non-hydrogen) atoms. The molecule has 1 heterocycles. The van der Waals surface area contributed by atoms with E-state index in [4.69, 9.17) is 9.07 Å². The zero-order valence-corrected chi connectivity index (χ0v) is 15.4. The van der Waals surface area contributed by atoms with E-state index in [9.17, 15) is 14.9 Å². The zero-order valence-electron chi connectivity index (χ0n) is 15.4. The number of anilines is 1. The van der Waals surface area contributed by atoms with E-state index >= 15 is 0 Å². The average molecular weight is 360 g/mol. The Morgan fingerprint density at radius 3 is 2.38 bits per heavy atom. The Balaban J connectivity index is 1.90. The van der Waals surface area contributed by atoms with Crippen molar-refractivity contribution in [1.82, 2.24) is 5.32 Å². The molecular weight excluding hydrogens is 335 g/mol. The predicted octanol–water partition coefficient (Wildman–Crippen LogP) is 1.85. The van der Waals surface area contributed by atoms with E-state index in [2.05, 4.69) is 10.6 Å². The molecule has 0 atom stereocenters. The minimum Gasteiger partial charge on any atom is -0.467 e. The fourth-order valence-corrected chi connectivity index (χ4v) is 1.98. The maximum atomic E-state index is 11.9. The van der Waals surface area contributed by atoms with Crippen LogP contribution in [0.3, 0.4) is 0 Å². The molecule has 7 nitrogen and oxygen atoms in total. The number of rotatable bonds is 7. The van der Waals surface area contributed by atoms with Crippen molar-refractivity contribution < 1.29 is 24.0 Å². The number of urea groups is 1. The summed E-state index contributed by atoms with van der Waals surface area (Å²) in [5, 5.41) is 25.7. The van der Waals surface area contributed by atoms with Gasteiger partial charge in [-0.25, -0.2) is 4.79 Å². The van der Waals surface area contributed by atoms with Crippen molar-refractivity contribution in [3.8, 4) is 0 Å². The zero-order chi connectivity index (χ0) is 19.4. The maximum absolute atomic E-state index is 11.9. The Hall–Kier alpha value is -2.29. The van der Waals surface area contributed by atoms with Crippen LogP contribution in [0.25, 0.3) is 0 Å². The molecule has 0 unspecified atom stereocenters. The van der Waals surface area contributed by atoms with Gasteiger partial charge in [0.15, 0.2) is 0 Å². The first-order valence-electron chi connectivity index (χ1n) is 8.34. The summed E-state index contributed by atoms with van der Waals surface area (Å²) < 4.78 is 10.7. The quantitative estimate of drug-likeness (QED) is 0.565. The molecule has 0 saturated carbocycles. The summed E-state index contributed by atoms with van der Waals surface area (Å²) in [4.78, 5) is 11.9. The van der Waals surface area contributed by atoms with Crippen LogP contribution in [0.15, 0.2) is 47.1 Å². The van der Waals surface area contributed by atoms with Crippen molar-refractivity contribution in [3.05, 3.63) is 48.4 Å². The lowest BCUT2D eigenvalue weighted by Crippen LogP contribution is -2.53. The number of amides is 2. The lowest BCUT2D eigenvalue weighted by Gasteiger charge is -2.38. The lowest BCUT2D eigenvalue weighted by molar-refractivity contribution is -0.0982. The van der Waals surface area contributed by atoms with Gasteiger partial charge in [0.2, 0.25) is 0 Å². The summed E-state index contributed by atoms with van der Waals surface area (Å²) in [5.74, 6) is 0.658. The molecule has 0 aliphatic heterocycles. The second kappa shape index (κ2) is 7.95. The van der Waals surface area contributed by atoms with Crippen LogP contribution in [-0.4, -0.2) is 34.5 Å². The molecule has 0 fully saturated rings. The minimum absolute atomic E-state index is 0.287. The van der Waals surface area contributed by atoms with Gasteiger partial charge >= 0.3 is 13.1 Å². The van der Waals surface area contributed by atoms with Gasteiger partial charge in [0.05, 0.1) is 24.0 Å². The molecule has 0 saturated heterocycles. The highest BCUT2D eigenvalue weighted by Crippen LogP contribution is 2.25. The smallest absolute Gasteiger partial charge is 0.467 e. The van der Waals surface area contributed by atoms with E-state index in [0.717, 1.165) is 0 Å². The van der Waals surface area contributed by atoms with Gasteiger partial charge in [0.25, 0.3) is 0 Å². The highest BCUT2D eigenvalue weighted by Gasteiger charge is 2.39. The van der Waals surface area contributed by atoms with Crippen molar-refractivity contribution in [2.24, 2.45) is 0 Å². The number of hydrogen-bond acceptors (Lipinski definition) is 5. The number of carbonyl (C=O) groups excluding carboxylic acids is 1. The van der Waals surface area contributed by atoms with E-state index < -0.39 is 18.3 Å². The first kappa shape index (κ1) is 20.0. The van der Waals surface area contributed by atoms with Gasteiger partial charge in [-0.2, -0.15) is 0 Å². The fourth-order valence-electron chi connectivity index (χ4n) is 1.98. The number of hydrogen-bond donors (Lipinski definition) is 4. The summed E-state index contributed by atoms with van der Waals surface area (Å²) in [6.07, 6.45) is 1.54. The largest absolute Gasteiger partial charge is 0.491 e. The average Bonchev–Trinajstić information content (AvgIpc) is 3.05. The number of benzene rings is 1. The maximum Gasteiger partial charge on any atom is 0.491 e. The van der Waals surface area contributed by atoms with Gasteiger partial charge in [-0.1, -0.05) is 12.1 Å². The Morgan fingerprint density at radius 1 is 1.19 bits per heavy atom. The molecule has 2 amide bonds. The Morgan fingerprint density at radius 2 is 1.85 bits per heavy atom. The third-order valence-corrected chi connectivity index (χ3v) is 4.34. The third kappa shape index (κ3) is 5.35. The van der Waals surface area contributed by atoms with Crippen LogP contribution in [0.2, 0.25) is 0 Å². The van der Waals surface area contributed by atoms with Gasteiger partial charge in [0, 0.05) is 5.69 Å². The Bertz CT molecular complexity index is 708. The highest BCUT2D eigenvalue weighted by atomic mass is 16.5. The van der Waals surface area contributed by atoms with Gasteiger partial charge in [-0.3, -0.25) is 0 Å². The normalized spacial score (nSPS) is 11.9. The molecule has 0 spiro atoms. The molecule has 0 aliphatic carbocycles. The van der Waals surface area contributed by atoms with Crippen LogP contribution in [0, 0.1) is 0 Å². The van der Waals surface area contributed by atoms with Crippen LogP contribution in [0.1, 0.15) is 33.5 Å². The summed E-state index contributed by atoms with van der Waals surface area (Å²) in [7, 11) is -1.20. The van der Waals surface area contributed by atoms with Crippen LogP contribution in [0.4, 0.5) is 10.5 Å². The first-order chi connectivity index (χ1) is 12.1. The Labute approximate surface area is 153 Å². The first-order valence-corrected chi connectivity index (χ1v) is 8.34. The molecule has 0 bridgehead atoms. The van der Waals surface area contributed by atoms with Crippen LogP contribution in [-0.2, 0) is 11.2 Å². The van der Waals surface area contributed by atoms with Crippen LogP contribution in [0.5, 0.6) is 0 Å². The number of carbonyl (C=O) groups is 1. The van der Waals surface area contributed by atoms with Gasteiger partial charge < -0.3 is 29.8 Å². The van der Waals surface area contributed by atoms with Crippen molar-refractivity contribution in [1.29, 1.82) is 0 Å². The molecule has 140 valence electrons. The monoisotopic (exact) mass is 360 g/mol. The lowest BCUT2D eigenvalue weighted by atomic mass is 9.76. The van der Waals surface area contributed by atoms with Crippen molar-refractivity contribution in [2.75, 3.05) is 5.32 Å². The van der Waals surface area contributed by atoms with Gasteiger partial charge in [-0.15, -0.1) is 0 Å². The molecule has 0 radical (unpaired) electrons. The molecule has 2 rings (SSSR count). The van der Waals surface area contributed by atoms with E-state index in [1.165, 1.54) is 0 Å². The predicted molar refractivity (Wildman–Crippen MR) is 100 cm³/mol. The SMILES string of the molecule is CC(C)(O)C(C)(C)OB(O)c1ccc(NC(=O)NCc2ccco2)cc1. The van der Waals surface area contributed by atoms with Crippen molar-refractivity contribution in [2.45, 2.75) is 45.4 Å². The summed E-state index contributed by atoms with van der Waals surface area (Å²) in [6, 6.07) is 9.76. The Kier molecular flexibility index (Phi) is 6.12. The molecule has 4 N–H and O–H groups in total. The van der Waals surface area contributed by atoms with E-state index in [-0.39, 0.29) is 12.6 Å². The molecule has 1 aromatic heterocycles. The molecule has 1 aromatic carbocycles. The van der Waals surface area contributed by atoms with Crippen molar-refractivity contribution >= 4 is 24.3 Å². The third-order valence-electron chi connectivity index (χ3n) is 4.34. The second-order valence-corrected chi connectivity index (χ2v) is 7.05. The molecule has 2 aromatic rings. The standard InChI is InChI=1S/C18H25BN2O5/c1-17(2,23)18(3,4)26-19(24)13-7-9-14(10-8-13)21-16(22)20-12-15-6-5-11-25-15/h5-11,23-24H,12H2,1-4H3,(H2,20,21,22). The highest BCUT2D eigenvalue weighted by molar-refractivity contribution is 6.60. The van der Waals surface area contributed by atoms with E-state index in [1.807, 2.05) is 0 Å². The number of nitrogens with one attached hydrogen (secondary N) is 2. The minimum atomic E-state index is -1.20. The molecular formula is C18H25BN2O5. The summed E-state index contributed by atoms with van der Waals surface area (Å²) in [6.45, 7) is 6.93. The van der Waals surface area contributed by atoms with Crippen LogP contribution < -0.4 is 16.1 Å². The van der Waals surface area contributed by atoms with Gasteiger partial charge in [-0.05, 0) is 57.4 Å². The van der Waals surface area contributed by atoms with Crippen LogP contribution >= 0.6 is 0 Å². The molecule has 0 aliphatic rings. The number of furan rings is 1. The topological polar surface area (TPSA) is 104 Å². The summed E-state index contributed by atoms with van der Waals surface area (Å²) >= 11 is 0. The van der Waals surface area contributed by atoms with E-state index in [1.54, 1.807) is 70.4 Å². The van der Waals surface area contributed by atoms with E-state index in [0.29, 0.717) is 16.9 Å².